The lowest BCUT2D eigenvalue weighted by Crippen LogP contribution is -2.35. The number of para-hydroxylation sites is 1. The van der Waals surface area contributed by atoms with Crippen LogP contribution in [0.5, 0.6) is 5.75 Å². The number of nitrogens with one attached hydrogen (secondary N) is 1. The number of nitrogens with zero attached hydrogens (tertiary/aromatic N) is 1. The van der Waals surface area contributed by atoms with Gasteiger partial charge in [-0.1, -0.05) is 18.2 Å². The van der Waals surface area contributed by atoms with Gasteiger partial charge in [0.05, 0.1) is 6.54 Å². The SMILES string of the molecule is O=C(NCCOc1ccccc1)c1ccc(N2CCCCC2=O)cc1. The highest BCUT2D eigenvalue weighted by molar-refractivity contribution is 5.96. The minimum Gasteiger partial charge on any atom is -0.492 e. The smallest absolute Gasteiger partial charge is 0.251 e. The molecule has 1 saturated heterocycles. The van der Waals surface area contributed by atoms with E-state index in [1.165, 1.54) is 0 Å². The summed E-state index contributed by atoms with van der Waals surface area (Å²) < 4.78 is 5.54. The zero-order valence-electron chi connectivity index (χ0n) is 14.1. The van der Waals surface area contributed by atoms with E-state index in [9.17, 15) is 9.59 Å². The Balaban J connectivity index is 1.48. The van der Waals surface area contributed by atoms with Crippen molar-refractivity contribution in [3.05, 3.63) is 60.2 Å². The third kappa shape index (κ3) is 4.59. The van der Waals surface area contributed by atoms with E-state index < -0.39 is 0 Å². The minimum absolute atomic E-state index is 0.145. The molecule has 2 amide bonds. The second-order valence-corrected chi connectivity index (χ2v) is 5.97. The van der Waals surface area contributed by atoms with E-state index in [1.54, 1.807) is 17.0 Å². The number of rotatable bonds is 6. The van der Waals surface area contributed by atoms with Gasteiger partial charge in [0.15, 0.2) is 0 Å². The van der Waals surface area contributed by atoms with E-state index in [1.807, 2.05) is 42.5 Å². The summed E-state index contributed by atoms with van der Waals surface area (Å²) in [4.78, 5) is 25.9. The first-order valence-electron chi connectivity index (χ1n) is 8.60. The molecule has 2 aromatic rings. The lowest BCUT2D eigenvalue weighted by Gasteiger charge is -2.26. The molecule has 0 spiro atoms. The molecular formula is C20H22N2O3. The molecule has 0 unspecified atom stereocenters. The van der Waals surface area contributed by atoms with Crippen molar-refractivity contribution in [3.63, 3.8) is 0 Å². The van der Waals surface area contributed by atoms with Gasteiger partial charge in [-0.2, -0.15) is 0 Å². The lowest BCUT2D eigenvalue weighted by molar-refractivity contribution is -0.119. The first-order valence-corrected chi connectivity index (χ1v) is 8.60. The summed E-state index contributed by atoms with van der Waals surface area (Å²) >= 11 is 0. The molecule has 2 aromatic carbocycles. The van der Waals surface area contributed by atoms with Crippen LogP contribution in [0.4, 0.5) is 5.69 Å². The Morgan fingerprint density at radius 1 is 1.04 bits per heavy atom. The molecule has 1 heterocycles. The van der Waals surface area contributed by atoms with E-state index in [0.717, 1.165) is 30.8 Å². The molecule has 0 saturated carbocycles. The standard InChI is InChI=1S/C20H22N2O3/c23-19-8-4-5-14-22(19)17-11-9-16(10-12-17)20(24)21-13-15-25-18-6-2-1-3-7-18/h1-3,6-7,9-12H,4-5,8,13-15H2,(H,21,24). The number of hydrogen-bond acceptors (Lipinski definition) is 3. The Hall–Kier alpha value is -2.82. The number of piperidine rings is 1. The van der Waals surface area contributed by atoms with Gasteiger partial charge in [0.25, 0.3) is 5.91 Å². The van der Waals surface area contributed by atoms with Gasteiger partial charge in [-0.3, -0.25) is 9.59 Å². The van der Waals surface area contributed by atoms with Gasteiger partial charge < -0.3 is 15.0 Å². The number of anilines is 1. The fourth-order valence-corrected chi connectivity index (χ4v) is 2.82. The maximum Gasteiger partial charge on any atom is 0.251 e. The fraction of sp³-hybridized carbons (Fsp3) is 0.300. The molecule has 0 aromatic heterocycles. The van der Waals surface area contributed by atoms with Crippen molar-refractivity contribution in [2.24, 2.45) is 0 Å². The van der Waals surface area contributed by atoms with Crippen molar-refractivity contribution in [1.29, 1.82) is 0 Å². The maximum atomic E-state index is 12.2. The molecule has 0 aliphatic carbocycles. The molecule has 0 bridgehead atoms. The van der Waals surface area contributed by atoms with Crippen molar-refractivity contribution in [2.45, 2.75) is 19.3 Å². The van der Waals surface area contributed by atoms with Crippen LogP contribution < -0.4 is 15.0 Å². The van der Waals surface area contributed by atoms with Gasteiger partial charge in [-0.15, -0.1) is 0 Å². The number of hydrogen-bond donors (Lipinski definition) is 1. The molecular weight excluding hydrogens is 316 g/mol. The van der Waals surface area contributed by atoms with Crippen LogP contribution in [0.3, 0.4) is 0 Å². The summed E-state index contributed by atoms with van der Waals surface area (Å²) in [6.07, 6.45) is 2.58. The molecule has 1 aliphatic rings. The molecule has 3 rings (SSSR count). The van der Waals surface area contributed by atoms with Crippen LogP contribution in [-0.2, 0) is 4.79 Å². The monoisotopic (exact) mass is 338 g/mol. The Morgan fingerprint density at radius 2 is 1.80 bits per heavy atom. The van der Waals surface area contributed by atoms with Gasteiger partial charge in [0.1, 0.15) is 12.4 Å². The van der Waals surface area contributed by atoms with Gasteiger partial charge >= 0.3 is 0 Å². The van der Waals surface area contributed by atoms with E-state index in [0.29, 0.717) is 25.1 Å². The van der Waals surface area contributed by atoms with Crippen molar-refractivity contribution in [1.82, 2.24) is 5.32 Å². The Labute approximate surface area is 147 Å². The molecule has 0 atom stereocenters. The molecule has 5 heteroatoms. The van der Waals surface area contributed by atoms with Crippen LogP contribution >= 0.6 is 0 Å². The Kier molecular flexibility index (Phi) is 5.67. The summed E-state index contributed by atoms with van der Waals surface area (Å²) in [6, 6.07) is 16.7. The highest BCUT2D eigenvalue weighted by Crippen LogP contribution is 2.21. The molecule has 25 heavy (non-hydrogen) atoms. The van der Waals surface area contributed by atoms with Crippen molar-refractivity contribution in [3.8, 4) is 5.75 Å². The van der Waals surface area contributed by atoms with Gasteiger partial charge in [-0.25, -0.2) is 0 Å². The zero-order valence-corrected chi connectivity index (χ0v) is 14.1. The highest BCUT2D eigenvalue weighted by atomic mass is 16.5. The van der Waals surface area contributed by atoms with E-state index in [4.69, 9.17) is 4.74 Å². The van der Waals surface area contributed by atoms with Crippen LogP contribution in [0, 0.1) is 0 Å². The molecule has 0 radical (unpaired) electrons. The number of carbonyl (C=O) groups excluding carboxylic acids is 2. The average molecular weight is 338 g/mol. The summed E-state index contributed by atoms with van der Waals surface area (Å²) in [5, 5.41) is 2.83. The van der Waals surface area contributed by atoms with Gasteiger partial charge in [-0.05, 0) is 49.2 Å². The van der Waals surface area contributed by atoms with Crippen LogP contribution in [0.15, 0.2) is 54.6 Å². The van der Waals surface area contributed by atoms with Crippen LogP contribution in [-0.4, -0.2) is 31.5 Å². The number of carbonyl (C=O) groups is 2. The molecule has 1 fully saturated rings. The van der Waals surface area contributed by atoms with Gasteiger partial charge in [0, 0.05) is 24.2 Å². The van der Waals surface area contributed by atoms with Crippen LogP contribution in [0.1, 0.15) is 29.6 Å². The molecule has 130 valence electrons. The van der Waals surface area contributed by atoms with Gasteiger partial charge in [0.2, 0.25) is 5.91 Å². The number of amides is 2. The average Bonchev–Trinajstić information content (AvgIpc) is 2.66. The summed E-state index contributed by atoms with van der Waals surface area (Å²) in [5.74, 6) is 0.794. The fourth-order valence-electron chi connectivity index (χ4n) is 2.82. The summed E-state index contributed by atoms with van der Waals surface area (Å²) in [5.41, 5.74) is 1.43. The molecule has 1 N–H and O–H groups in total. The van der Waals surface area contributed by atoms with Crippen molar-refractivity contribution in [2.75, 3.05) is 24.6 Å². The van der Waals surface area contributed by atoms with Crippen LogP contribution in [0.2, 0.25) is 0 Å². The van der Waals surface area contributed by atoms with Crippen molar-refractivity contribution < 1.29 is 14.3 Å². The van der Waals surface area contributed by atoms with E-state index in [-0.39, 0.29) is 11.8 Å². The predicted molar refractivity (Wildman–Crippen MR) is 96.9 cm³/mol. The maximum absolute atomic E-state index is 12.2. The first kappa shape index (κ1) is 17.0. The van der Waals surface area contributed by atoms with Crippen molar-refractivity contribution >= 4 is 17.5 Å². The third-order valence-corrected chi connectivity index (χ3v) is 4.16. The highest BCUT2D eigenvalue weighted by Gasteiger charge is 2.19. The van der Waals surface area contributed by atoms with E-state index >= 15 is 0 Å². The third-order valence-electron chi connectivity index (χ3n) is 4.16. The van der Waals surface area contributed by atoms with Crippen LogP contribution in [0.25, 0.3) is 0 Å². The van der Waals surface area contributed by atoms with E-state index in [2.05, 4.69) is 5.32 Å². The second-order valence-electron chi connectivity index (χ2n) is 5.97. The topological polar surface area (TPSA) is 58.6 Å². The molecule has 1 aliphatic heterocycles. The first-order chi connectivity index (χ1) is 12.2. The normalized spacial score (nSPS) is 14.2. The quantitative estimate of drug-likeness (QED) is 0.824. The minimum atomic E-state index is -0.145. The Morgan fingerprint density at radius 3 is 2.52 bits per heavy atom. The summed E-state index contributed by atoms with van der Waals surface area (Å²) in [6.45, 7) is 1.59. The second kappa shape index (κ2) is 8.33. The summed E-state index contributed by atoms with van der Waals surface area (Å²) in [7, 11) is 0. The number of benzene rings is 2. The predicted octanol–water partition coefficient (Wildman–Crippen LogP) is 3.01. The largest absolute Gasteiger partial charge is 0.492 e. The number of ether oxygens (including phenoxy) is 1. The lowest BCUT2D eigenvalue weighted by atomic mass is 10.1. The Bertz CT molecular complexity index is 713. The molecule has 5 nitrogen and oxygen atoms in total. The zero-order chi connectivity index (χ0) is 17.5.